The highest BCUT2D eigenvalue weighted by molar-refractivity contribution is 14.0. The molecule has 1 fully saturated rings. The summed E-state index contributed by atoms with van der Waals surface area (Å²) >= 11 is 0. The lowest BCUT2D eigenvalue weighted by Crippen LogP contribution is -2.51. The van der Waals surface area contributed by atoms with Gasteiger partial charge < -0.3 is 20.6 Å². The highest BCUT2D eigenvalue weighted by Gasteiger charge is 2.35. The Morgan fingerprint density at radius 3 is 2.50 bits per heavy atom. The van der Waals surface area contributed by atoms with Gasteiger partial charge in [0.15, 0.2) is 5.96 Å². The van der Waals surface area contributed by atoms with Gasteiger partial charge in [-0.05, 0) is 33.6 Å². The number of guanidine groups is 1. The molecule has 142 valence electrons. The number of carbonyl (C=O) groups is 1. The van der Waals surface area contributed by atoms with Gasteiger partial charge in [0, 0.05) is 31.6 Å². The van der Waals surface area contributed by atoms with Crippen molar-refractivity contribution in [3.8, 4) is 0 Å². The first-order valence-electron chi connectivity index (χ1n) is 8.48. The molecule has 1 amide bonds. The lowest BCUT2D eigenvalue weighted by atomic mass is 9.73. The van der Waals surface area contributed by atoms with Gasteiger partial charge in [0.05, 0.1) is 12.6 Å². The number of aliphatic hydroxyl groups is 1. The number of nitrogens with one attached hydrogen (secondary N) is 2. The third kappa shape index (κ3) is 7.55. The summed E-state index contributed by atoms with van der Waals surface area (Å²) in [5, 5.41) is 16.5. The highest BCUT2D eigenvalue weighted by atomic mass is 127. The summed E-state index contributed by atoms with van der Waals surface area (Å²) in [6.07, 6.45) is 3.83. The van der Waals surface area contributed by atoms with Crippen molar-refractivity contribution in [2.45, 2.75) is 65.0 Å². The second-order valence-corrected chi connectivity index (χ2v) is 7.97. The van der Waals surface area contributed by atoms with Gasteiger partial charge in [0.1, 0.15) is 0 Å². The standard InChI is InChI=1S/C17H34N4O2.HI/c1-16(2,3)20-14(23)11-21(6)15(18-5)19-12-17(4)10-8-7-9-13(17)22;/h13,22H,7-12H2,1-6H3,(H,18,19)(H,20,23);1H. The number of hydrogen-bond donors (Lipinski definition) is 3. The second-order valence-electron chi connectivity index (χ2n) is 7.97. The van der Waals surface area contributed by atoms with Crippen LogP contribution in [-0.2, 0) is 4.79 Å². The van der Waals surface area contributed by atoms with E-state index in [1.165, 1.54) is 0 Å². The van der Waals surface area contributed by atoms with Crippen LogP contribution in [0, 0.1) is 5.41 Å². The summed E-state index contributed by atoms with van der Waals surface area (Å²) in [4.78, 5) is 18.1. The van der Waals surface area contributed by atoms with Crippen LogP contribution < -0.4 is 10.6 Å². The Bertz CT molecular complexity index is 437. The molecule has 0 saturated heterocycles. The number of amides is 1. The summed E-state index contributed by atoms with van der Waals surface area (Å²) in [6.45, 7) is 8.90. The molecule has 1 rings (SSSR count). The van der Waals surface area contributed by atoms with Crippen molar-refractivity contribution in [3.63, 3.8) is 0 Å². The van der Waals surface area contributed by atoms with E-state index in [4.69, 9.17) is 0 Å². The van der Waals surface area contributed by atoms with Crippen molar-refractivity contribution < 1.29 is 9.90 Å². The third-order valence-electron chi connectivity index (χ3n) is 4.40. The zero-order valence-electron chi connectivity index (χ0n) is 16.0. The molecular formula is C17H35IN4O2. The minimum atomic E-state index is -0.281. The summed E-state index contributed by atoms with van der Waals surface area (Å²) in [6, 6.07) is 0. The van der Waals surface area contributed by atoms with E-state index in [-0.39, 0.29) is 53.5 Å². The van der Waals surface area contributed by atoms with Crippen molar-refractivity contribution in [1.82, 2.24) is 15.5 Å². The first-order chi connectivity index (χ1) is 10.6. The minimum absolute atomic E-state index is 0. The van der Waals surface area contributed by atoms with Gasteiger partial charge in [-0.15, -0.1) is 24.0 Å². The van der Waals surface area contributed by atoms with Crippen LogP contribution in [0.15, 0.2) is 4.99 Å². The molecule has 2 atom stereocenters. The maximum Gasteiger partial charge on any atom is 0.240 e. The molecule has 7 heteroatoms. The number of hydrogen-bond acceptors (Lipinski definition) is 3. The molecule has 24 heavy (non-hydrogen) atoms. The van der Waals surface area contributed by atoms with E-state index in [1.807, 2.05) is 27.8 Å². The maximum atomic E-state index is 12.0. The fourth-order valence-corrected chi connectivity index (χ4v) is 3.00. The Balaban J connectivity index is 0.00000529. The Hall–Kier alpha value is -0.570. The summed E-state index contributed by atoms with van der Waals surface area (Å²) < 4.78 is 0. The van der Waals surface area contributed by atoms with Crippen LogP contribution in [0.4, 0.5) is 0 Å². The Morgan fingerprint density at radius 2 is 2.00 bits per heavy atom. The quantitative estimate of drug-likeness (QED) is 0.345. The number of nitrogens with zero attached hydrogens (tertiary/aromatic N) is 2. The molecule has 1 aliphatic rings. The smallest absolute Gasteiger partial charge is 0.240 e. The van der Waals surface area contributed by atoms with Crippen molar-refractivity contribution in [1.29, 1.82) is 0 Å². The molecule has 0 radical (unpaired) electrons. The molecule has 0 aromatic rings. The van der Waals surface area contributed by atoms with E-state index in [0.29, 0.717) is 12.5 Å². The predicted molar refractivity (Wildman–Crippen MR) is 110 cm³/mol. The van der Waals surface area contributed by atoms with Gasteiger partial charge in [-0.25, -0.2) is 0 Å². The molecule has 1 saturated carbocycles. The molecule has 6 nitrogen and oxygen atoms in total. The number of likely N-dealkylation sites (N-methyl/N-ethyl adjacent to an activating group) is 1. The summed E-state index contributed by atoms with van der Waals surface area (Å²) in [5.41, 5.74) is -0.378. The van der Waals surface area contributed by atoms with Crippen molar-refractivity contribution in [2.75, 3.05) is 27.2 Å². The van der Waals surface area contributed by atoms with E-state index >= 15 is 0 Å². The largest absolute Gasteiger partial charge is 0.392 e. The molecule has 3 N–H and O–H groups in total. The van der Waals surface area contributed by atoms with E-state index in [2.05, 4.69) is 22.5 Å². The monoisotopic (exact) mass is 454 g/mol. The lowest BCUT2D eigenvalue weighted by Gasteiger charge is -2.39. The minimum Gasteiger partial charge on any atom is -0.392 e. The van der Waals surface area contributed by atoms with Crippen LogP contribution in [-0.4, -0.2) is 60.7 Å². The molecule has 0 aromatic heterocycles. The average molecular weight is 454 g/mol. The van der Waals surface area contributed by atoms with E-state index in [1.54, 1.807) is 11.9 Å². The number of carbonyl (C=O) groups excluding carboxylic acids is 1. The van der Waals surface area contributed by atoms with Gasteiger partial charge in [-0.1, -0.05) is 19.8 Å². The number of aliphatic hydroxyl groups excluding tert-OH is 1. The van der Waals surface area contributed by atoms with Gasteiger partial charge in [0.2, 0.25) is 5.91 Å². The van der Waals surface area contributed by atoms with Crippen LogP contribution in [0.3, 0.4) is 0 Å². The van der Waals surface area contributed by atoms with Gasteiger partial charge in [-0.2, -0.15) is 0 Å². The SMILES string of the molecule is CN=C(NCC1(C)CCCCC1O)N(C)CC(=O)NC(C)(C)C.I. The Kier molecular flexibility index (Phi) is 9.56. The zero-order valence-corrected chi connectivity index (χ0v) is 18.3. The predicted octanol–water partition coefficient (Wildman–Crippen LogP) is 1.97. The number of halogens is 1. The molecular weight excluding hydrogens is 419 g/mol. The van der Waals surface area contributed by atoms with Crippen LogP contribution >= 0.6 is 24.0 Å². The van der Waals surface area contributed by atoms with Gasteiger partial charge in [0.25, 0.3) is 0 Å². The lowest BCUT2D eigenvalue weighted by molar-refractivity contribution is -0.122. The molecule has 0 heterocycles. The van der Waals surface area contributed by atoms with Crippen LogP contribution in [0.1, 0.15) is 53.4 Å². The molecule has 1 aliphatic carbocycles. The van der Waals surface area contributed by atoms with Gasteiger partial charge >= 0.3 is 0 Å². The average Bonchev–Trinajstić information content (AvgIpc) is 2.40. The number of rotatable bonds is 4. The van der Waals surface area contributed by atoms with Gasteiger partial charge in [-0.3, -0.25) is 9.79 Å². The normalized spacial score (nSPS) is 24.8. The second kappa shape index (κ2) is 9.79. The fraction of sp³-hybridized carbons (Fsp3) is 0.882. The first kappa shape index (κ1) is 23.4. The number of aliphatic imine (C=N–C) groups is 1. The van der Waals surface area contributed by atoms with Crippen LogP contribution in [0.5, 0.6) is 0 Å². The van der Waals surface area contributed by atoms with Crippen molar-refractivity contribution in [2.24, 2.45) is 10.4 Å². The topological polar surface area (TPSA) is 77.0 Å². The van der Waals surface area contributed by atoms with E-state index < -0.39 is 0 Å². The zero-order chi connectivity index (χ0) is 17.7. The summed E-state index contributed by atoms with van der Waals surface area (Å²) in [5.74, 6) is 0.639. The Morgan fingerprint density at radius 1 is 1.38 bits per heavy atom. The van der Waals surface area contributed by atoms with Crippen molar-refractivity contribution >= 4 is 35.8 Å². The molecule has 2 unspecified atom stereocenters. The highest BCUT2D eigenvalue weighted by Crippen LogP contribution is 2.35. The van der Waals surface area contributed by atoms with Crippen molar-refractivity contribution in [3.05, 3.63) is 0 Å². The fourth-order valence-electron chi connectivity index (χ4n) is 3.00. The third-order valence-corrected chi connectivity index (χ3v) is 4.40. The van der Waals surface area contributed by atoms with Crippen LogP contribution in [0.2, 0.25) is 0 Å². The molecule has 0 spiro atoms. The molecule has 0 bridgehead atoms. The first-order valence-corrected chi connectivity index (χ1v) is 8.48. The van der Waals surface area contributed by atoms with E-state index in [0.717, 1.165) is 25.7 Å². The Labute approximate surface area is 163 Å². The van der Waals surface area contributed by atoms with E-state index in [9.17, 15) is 9.90 Å². The summed E-state index contributed by atoms with van der Waals surface area (Å²) in [7, 11) is 3.55. The van der Waals surface area contributed by atoms with Crippen LogP contribution in [0.25, 0.3) is 0 Å². The maximum absolute atomic E-state index is 12.0. The molecule has 0 aliphatic heterocycles. The molecule has 0 aromatic carbocycles.